The van der Waals surface area contributed by atoms with Gasteiger partial charge >= 0.3 is 5.97 Å². The second-order valence-electron chi connectivity index (χ2n) is 29.5. The molecule has 0 aromatic rings. The van der Waals surface area contributed by atoms with Gasteiger partial charge in [0, 0.05) is 12.8 Å². The molecule has 6 nitrogen and oxygen atoms in total. The van der Waals surface area contributed by atoms with Crippen LogP contribution in [0, 0.1) is 0 Å². The van der Waals surface area contributed by atoms with Gasteiger partial charge in [0.2, 0.25) is 5.91 Å². The van der Waals surface area contributed by atoms with E-state index in [0.717, 1.165) is 44.9 Å². The summed E-state index contributed by atoms with van der Waals surface area (Å²) in [6, 6.07) is -0.540. The predicted octanol–water partition coefficient (Wildman–Crippen LogP) is 28.4. The van der Waals surface area contributed by atoms with Crippen molar-refractivity contribution in [1.29, 1.82) is 0 Å². The van der Waals surface area contributed by atoms with E-state index >= 15 is 0 Å². The zero-order chi connectivity index (χ0) is 66.3. The summed E-state index contributed by atoms with van der Waals surface area (Å²) in [5, 5.41) is 23.5. The van der Waals surface area contributed by atoms with Crippen molar-refractivity contribution in [2.24, 2.45) is 0 Å². The SMILES string of the molecule is CCCCCCC/C=C\CCCCCCCC(=O)OCCCCCCCCCCCCCCCCCC/C=C\CCCCCCCCCCCCCCCCCCCC(=O)NC(CO)C(O)CCCCCCCCCCCCCCCCCCCCCCCCCC. The summed E-state index contributed by atoms with van der Waals surface area (Å²) in [6.07, 6.45) is 106. The van der Waals surface area contributed by atoms with Gasteiger partial charge in [-0.3, -0.25) is 9.59 Å². The van der Waals surface area contributed by atoms with Crippen molar-refractivity contribution in [2.75, 3.05) is 13.2 Å². The van der Waals surface area contributed by atoms with E-state index in [4.69, 9.17) is 4.74 Å². The number of carbonyl (C=O) groups excluding carboxylic acids is 2. The van der Waals surface area contributed by atoms with Gasteiger partial charge < -0.3 is 20.3 Å². The lowest BCUT2D eigenvalue weighted by atomic mass is 10.0. The number of allylic oxidation sites excluding steroid dienone is 4. The zero-order valence-electron chi connectivity index (χ0n) is 62.8. The second-order valence-corrected chi connectivity index (χ2v) is 29.5. The van der Waals surface area contributed by atoms with E-state index in [-0.39, 0.29) is 18.5 Å². The Hall–Kier alpha value is -1.66. The molecule has 0 aliphatic carbocycles. The van der Waals surface area contributed by atoms with Crippen LogP contribution in [-0.2, 0) is 14.3 Å². The average molecular weight is 1300 g/mol. The molecule has 0 rings (SSSR count). The maximum Gasteiger partial charge on any atom is 0.305 e. The molecule has 0 heterocycles. The largest absolute Gasteiger partial charge is 0.466 e. The molecule has 0 radical (unpaired) electrons. The van der Waals surface area contributed by atoms with Crippen LogP contribution in [-0.4, -0.2) is 47.4 Å². The van der Waals surface area contributed by atoms with E-state index in [9.17, 15) is 19.8 Å². The van der Waals surface area contributed by atoms with Crippen LogP contribution < -0.4 is 5.32 Å². The van der Waals surface area contributed by atoms with E-state index in [2.05, 4.69) is 43.5 Å². The number of carbonyl (C=O) groups is 2. The Morgan fingerprint density at radius 3 is 0.772 bits per heavy atom. The molecule has 0 aromatic heterocycles. The van der Waals surface area contributed by atoms with Crippen molar-refractivity contribution in [3.8, 4) is 0 Å². The molecular weight excluding hydrogens is 1130 g/mol. The van der Waals surface area contributed by atoms with Crippen LogP contribution in [0.15, 0.2) is 24.3 Å². The van der Waals surface area contributed by atoms with Gasteiger partial charge in [0.15, 0.2) is 0 Å². The third-order valence-electron chi connectivity index (χ3n) is 20.2. The summed E-state index contributed by atoms with van der Waals surface area (Å²) in [5.41, 5.74) is 0. The van der Waals surface area contributed by atoms with E-state index in [1.807, 2.05) is 0 Å². The molecule has 0 spiro atoms. The van der Waals surface area contributed by atoms with Crippen molar-refractivity contribution in [3.05, 3.63) is 24.3 Å². The van der Waals surface area contributed by atoms with Gasteiger partial charge in [-0.1, -0.05) is 423 Å². The van der Waals surface area contributed by atoms with Gasteiger partial charge in [0.25, 0.3) is 0 Å². The van der Waals surface area contributed by atoms with Crippen LogP contribution in [0.25, 0.3) is 0 Å². The minimum Gasteiger partial charge on any atom is -0.466 e. The monoisotopic (exact) mass is 1290 g/mol. The number of aliphatic hydroxyl groups is 2. The molecule has 0 aromatic carbocycles. The first kappa shape index (κ1) is 90.3. The highest BCUT2D eigenvalue weighted by molar-refractivity contribution is 5.76. The van der Waals surface area contributed by atoms with Crippen molar-refractivity contribution in [1.82, 2.24) is 5.32 Å². The maximum atomic E-state index is 12.6. The predicted molar refractivity (Wildman–Crippen MR) is 407 cm³/mol. The number of ether oxygens (including phenoxy) is 1. The Bertz CT molecular complexity index is 1450. The molecule has 2 atom stereocenters. The lowest BCUT2D eigenvalue weighted by Crippen LogP contribution is -2.45. The van der Waals surface area contributed by atoms with Gasteiger partial charge in [0.1, 0.15) is 0 Å². The van der Waals surface area contributed by atoms with Gasteiger partial charge in [-0.15, -0.1) is 0 Å². The molecule has 546 valence electrons. The summed E-state index contributed by atoms with van der Waals surface area (Å²) >= 11 is 0. The van der Waals surface area contributed by atoms with Crippen molar-refractivity contribution in [2.45, 2.75) is 501 Å². The highest BCUT2D eigenvalue weighted by atomic mass is 16.5. The summed E-state index contributed by atoms with van der Waals surface area (Å²) < 4.78 is 5.50. The Kier molecular flexibility index (Phi) is 80.3. The summed E-state index contributed by atoms with van der Waals surface area (Å²) in [6.45, 7) is 5.00. The summed E-state index contributed by atoms with van der Waals surface area (Å²) in [4.78, 5) is 24.7. The Morgan fingerprint density at radius 1 is 0.293 bits per heavy atom. The molecule has 0 fully saturated rings. The maximum absolute atomic E-state index is 12.6. The Morgan fingerprint density at radius 2 is 0.511 bits per heavy atom. The fourth-order valence-electron chi connectivity index (χ4n) is 13.8. The molecule has 0 bridgehead atoms. The molecule has 2 unspecified atom stereocenters. The van der Waals surface area contributed by atoms with Crippen LogP contribution in [0.1, 0.15) is 489 Å². The second kappa shape index (κ2) is 81.8. The van der Waals surface area contributed by atoms with Crippen molar-refractivity contribution in [3.63, 3.8) is 0 Å². The number of aliphatic hydroxyl groups excluding tert-OH is 2. The molecule has 3 N–H and O–H groups in total. The summed E-state index contributed by atoms with van der Waals surface area (Å²) in [7, 11) is 0. The van der Waals surface area contributed by atoms with E-state index < -0.39 is 12.1 Å². The molecule has 0 saturated carbocycles. The third-order valence-corrected chi connectivity index (χ3v) is 20.2. The van der Waals surface area contributed by atoms with Gasteiger partial charge in [0.05, 0.1) is 25.4 Å². The molecule has 92 heavy (non-hydrogen) atoms. The topological polar surface area (TPSA) is 95.9 Å². The van der Waals surface area contributed by atoms with E-state index in [1.54, 1.807) is 0 Å². The van der Waals surface area contributed by atoms with Gasteiger partial charge in [-0.05, 0) is 77.0 Å². The fourth-order valence-corrected chi connectivity index (χ4v) is 13.8. The normalized spacial score (nSPS) is 12.5. The number of amides is 1. The number of unbranched alkanes of at least 4 members (excludes halogenated alkanes) is 66. The minimum atomic E-state index is -0.663. The van der Waals surface area contributed by atoms with Crippen LogP contribution >= 0.6 is 0 Å². The molecule has 6 heteroatoms. The number of nitrogens with one attached hydrogen (secondary N) is 1. The first-order valence-corrected chi connectivity index (χ1v) is 42.6. The first-order valence-electron chi connectivity index (χ1n) is 42.6. The number of hydrogen-bond acceptors (Lipinski definition) is 5. The van der Waals surface area contributed by atoms with Crippen LogP contribution in [0.5, 0.6) is 0 Å². The number of esters is 1. The quantitative estimate of drug-likeness (QED) is 0.0320. The van der Waals surface area contributed by atoms with Crippen LogP contribution in [0.3, 0.4) is 0 Å². The molecule has 1 amide bonds. The van der Waals surface area contributed by atoms with E-state index in [0.29, 0.717) is 25.9 Å². The smallest absolute Gasteiger partial charge is 0.305 e. The van der Waals surface area contributed by atoms with Crippen molar-refractivity contribution >= 4 is 11.9 Å². The zero-order valence-corrected chi connectivity index (χ0v) is 62.8. The fraction of sp³-hybridized carbons (Fsp3) is 0.930. The molecule has 0 aliphatic rings. The van der Waals surface area contributed by atoms with Gasteiger partial charge in [-0.25, -0.2) is 0 Å². The van der Waals surface area contributed by atoms with Crippen molar-refractivity contribution < 1.29 is 24.5 Å². The van der Waals surface area contributed by atoms with Crippen LogP contribution in [0.4, 0.5) is 0 Å². The Labute approximate surface area is 577 Å². The highest BCUT2D eigenvalue weighted by Crippen LogP contribution is 2.21. The highest BCUT2D eigenvalue weighted by Gasteiger charge is 2.20. The van der Waals surface area contributed by atoms with Gasteiger partial charge in [-0.2, -0.15) is 0 Å². The Balaban J connectivity index is 3.34. The standard InChI is InChI=1S/C86H167NO5/c1-3-5-7-9-11-13-15-17-19-20-21-22-23-39-42-45-48-51-54-58-62-66-70-74-78-84(89)83(82-88)87-85(90)79-75-71-67-63-59-55-52-49-46-43-40-37-35-33-31-29-27-25-24-26-28-30-32-34-36-38-41-44-47-50-53-57-61-65-69-73-77-81-92-86(91)80-76-72-68-64-60-56-18-16-14-12-10-8-6-4-2/h16,18,24,26,83-84,88-89H,3-15,17,19-23,25,27-82H2,1-2H3,(H,87,90)/b18-16-,26-24-. The lowest BCUT2D eigenvalue weighted by molar-refractivity contribution is -0.143. The lowest BCUT2D eigenvalue weighted by Gasteiger charge is -2.22. The van der Waals surface area contributed by atoms with E-state index in [1.165, 1.54) is 411 Å². The minimum absolute atomic E-state index is 0.0139. The molecular formula is C86H167NO5. The third kappa shape index (κ3) is 77.3. The number of hydrogen-bond donors (Lipinski definition) is 3. The average Bonchev–Trinajstić information content (AvgIpc) is 3.66. The molecule has 0 saturated heterocycles. The van der Waals surface area contributed by atoms with Crippen LogP contribution in [0.2, 0.25) is 0 Å². The molecule has 0 aliphatic heterocycles. The first-order chi connectivity index (χ1) is 45.5. The number of rotatable bonds is 81. The summed E-state index contributed by atoms with van der Waals surface area (Å²) in [5.74, 6) is -0.0108.